The van der Waals surface area contributed by atoms with Gasteiger partial charge < -0.3 is 15.2 Å². The first-order valence-electron chi connectivity index (χ1n) is 4.89. The summed E-state index contributed by atoms with van der Waals surface area (Å²) in [6.45, 7) is 6.62. The summed E-state index contributed by atoms with van der Waals surface area (Å²) in [5.41, 5.74) is -0.189. The van der Waals surface area contributed by atoms with Gasteiger partial charge in [0.2, 0.25) is 5.91 Å². The molecule has 84 valence electrons. The highest BCUT2D eigenvalue weighted by Gasteiger charge is 2.12. The zero-order chi connectivity index (χ0) is 11.3. The SMILES string of the molecule is CC(C)(C)NC(=O)CNCc1ccno1. The highest BCUT2D eigenvalue weighted by atomic mass is 16.5. The fourth-order valence-electron chi connectivity index (χ4n) is 1.10. The molecule has 0 aliphatic rings. The molecule has 0 aliphatic carbocycles. The number of hydrogen-bond acceptors (Lipinski definition) is 4. The number of nitrogens with one attached hydrogen (secondary N) is 2. The quantitative estimate of drug-likeness (QED) is 0.768. The van der Waals surface area contributed by atoms with Gasteiger partial charge in [0.15, 0.2) is 0 Å². The van der Waals surface area contributed by atoms with Gasteiger partial charge in [-0.1, -0.05) is 5.16 Å². The van der Waals surface area contributed by atoms with E-state index >= 15 is 0 Å². The van der Waals surface area contributed by atoms with Gasteiger partial charge in [0.1, 0.15) is 5.76 Å². The van der Waals surface area contributed by atoms with Gasteiger partial charge in [0.05, 0.1) is 19.3 Å². The van der Waals surface area contributed by atoms with Crippen molar-refractivity contribution in [3.05, 3.63) is 18.0 Å². The second-order valence-corrected chi connectivity index (χ2v) is 4.38. The first-order valence-corrected chi connectivity index (χ1v) is 4.89. The first-order chi connectivity index (χ1) is 6.97. The zero-order valence-electron chi connectivity index (χ0n) is 9.33. The number of hydrogen-bond donors (Lipinski definition) is 2. The van der Waals surface area contributed by atoms with E-state index in [9.17, 15) is 4.79 Å². The van der Waals surface area contributed by atoms with Gasteiger partial charge in [0, 0.05) is 11.6 Å². The summed E-state index contributed by atoms with van der Waals surface area (Å²) < 4.78 is 4.87. The second kappa shape index (κ2) is 4.93. The Morgan fingerprint density at radius 3 is 2.80 bits per heavy atom. The van der Waals surface area contributed by atoms with E-state index in [0.29, 0.717) is 6.54 Å². The molecule has 1 amide bonds. The van der Waals surface area contributed by atoms with E-state index in [1.54, 1.807) is 12.3 Å². The standard InChI is InChI=1S/C10H17N3O2/c1-10(2,3)13-9(14)7-11-6-8-4-5-12-15-8/h4-5,11H,6-7H2,1-3H3,(H,13,14). The number of aromatic nitrogens is 1. The molecule has 0 bridgehead atoms. The van der Waals surface area contributed by atoms with Crippen LogP contribution in [0.2, 0.25) is 0 Å². The average Bonchev–Trinajstić information content (AvgIpc) is 2.53. The molecule has 1 aromatic rings. The van der Waals surface area contributed by atoms with Crippen molar-refractivity contribution in [2.75, 3.05) is 6.54 Å². The van der Waals surface area contributed by atoms with Crippen molar-refractivity contribution in [2.45, 2.75) is 32.9 Å². The minimum Gasteiger partial charge on any atom is -0.360 e. The number of carbonyl (C=O) groups is 1. The summed E-state index contributed by atoms with van der Waals surface area (Å²) in [7, 11) is 0. The molecule has 0 saturated carbocycles. The predicted molar refractivity (Wildman–Crippen MR) is 56.1 cm³/mol. The van der Waals surface area contributed by atoms with E-state index in [0.717, 1.165) is 5.76 Å². The van der Waals surface area contributed by atoms with Crippen molar-refractivity contribution in [1.82, 2.24) is 15.8 Å². The topological polar surface area (TPSA) is 67.2 Å². The highest BCUT2D eigenvalue weighted by molar-refractivity contribution is 5.78. The summed E-state index contributed by atoms with van der Waals surface area (Å²) in [5, 5.41) is 9.38. The van der Waals surface area contributed by atoms with Crippen molar-refractivity contribution in [3.63, 3.8) is 0 Å². The highest BCUT2D eigenvalue weighted by Crippen LogP contribution is 1.98. The van der Waals surface area contributed by atoms with E-state index in [-0.39, 0.29) is 18.0 Å². The summed E-state index contributed by atoms with van der Waals surface area (Å²) >= 11 is 0. The molecule has 0 unspecified atom stereocenters. The Morgan fingerprint density at radius 1 is 1.53 bits per heavy atom. The summed E-state index contributed by atoms with van der Waals surface area (Å²) in [6.07, 6.45) is 1.58. The molecule has 1 aromatic heterocycles. The van der Waals surface area contributed by atoms with Crippen LogP contribution in [-0.2, 0) is 11.3 Å². The van der Waals surface area contributed by atoms with Crippen LogP contribution in [0.1, 0.15) is 26.5 Å². The molecule has 5 nitrogen and oxygen atoms in total. The van der Waals surface area contributed by atoms with Crippen LogP contribution in [0, 0.1) is 0 Å². The average molecular weight is 211 g/mol. The summed E-state index contributed by atoms with van der Waals surface area (Å²) in [6, 6.07) is 1.76. The van der Waals surface area contributed by atoms with Gasteiger partial charge >= 0.3 is 0 Å². The molecule has 0 fully saturated rings. The van der Waals surface area contributed by atoms with Crippen LogP contribution in [0.3, 0.4) is 0 Å². The Kier molecular flexibility index (Phi) is 3.85. The number of amides is 1. The molecule has 5 heteroatoms. The normalized spacial score (nSPS) is 11.4. The van der Waals surface area contributed by atoms with E-state index in [4.69, 9.17) is 4.52 Å². The minimum absolute atomic E-state index is 0.0259. The third-order valence-electron chi connectivity index (χ3n) is 1.59. The first kappa shape index (κ1) is 11.7. The van der Waals surface area contributed by atoms with Crippen LogP contribution in [0.4, 0.5) is 0 Å². The summed E-state index contributed by atoms with van der Waals surface area (Å²) in [5.74, 6) is 0.695. The minimum atomic E-state index is -0.189. The molecule has 0 aromatic carbocycles. The van der Waals surface area contributed by atoms with E-state index in [2.05, 4.69) is 15.8 Å². The largest absolute Gasteiger partial charge is 0.360 e. The number of nitrogens with zero attached hydrogens (tertiary/aromatic N) is 1. The van der Waals surface area contributed by atoms with Crippen LogP contribution >= 0.6 is 0 Å². The predicted octanol–water partition coefficient (Wildman–Crippen LogP) is 0.679. The van der Waals surface area contributed by atoms with Crippen molar-refractivity contribution in [1.29, 1.82) is 0 Å². The third-order valence-corrected chi connectivity index (χ3v) is 1.59. The molecular weight excluding hydrogens is 194 g/mol. The molecule has 1 heterocycles. The lowest BCUT2D eigenvalue weighted by Gasteiger charge is -2.20. The molecule has 0 aliphatic heterocycles. The maximum absolute atomic E-state index is 11.4. The van der Waals surface area contributed by atoms with Gasteiger partial charge in [-0.25, -0.2) is 0 Å². The Morgan fingerprint density at radius 2 is 2.27 bits per heavy atom. The van der Waals surface area contributed by atoms with Crippen LogP contribution in [0.15, 0.2) is 16.8 Å². The second-order valence-electron chi connectivity index (χ2n) is 4.38. The maximum Gasteiger partial charge on any atom is 0.234 e. The molecule has 15 heavy (non-hydrogen) atoms. The molecule has 0 saturated heterocycles. The Balaban J connectivity index is 2.18. The lowest BCUT2D eigenvalue weighted by atomic mass is 10.1. The number of carbonyl (C=O) groups excluding carboxylic acids is 1. The molecule has 0 spiro atoms. The fourth-order valence-corrected chi connectivity index (χ4v) is 1.10. The van der Waals surface area contributed by atoms with Crippen LogP contribution in [0.25, 0.3) is 0 Å². The summed E-state index contributed by atoms with van der Waals surface area (Å²) in [4.78, 5) is 11.4. The van der Waals surface area contributed by atoms with E-state index < -0.39 is 0 Å². The van der Waals surface area contributed by atoms with E-state index in [1.807, 2.05) is 20.8 Å². The van der Waals surface area contributed by atoms with Crippen molar-refractivity contribution >= 4 is 5.91 Å². The van der Waals surface area contributed by atoms with Crippen molar-refractivity contribution in [3.8, 4) is 0 Å². The molecule has 1 rings (SSSR count). The van der Waals surface area contributed by atoms with Crippen molar-refractivity contribution < 1.29 is 9.32 Å². The monoisotopic (exact) mass is 211 g/mol. The zero-order valence-corrected chi connectivity index (χ0v) is 9.33. The number of rotatable bonds is 4. The van der Waals surface area contributed by atoms with Crippen LogP contribution in [0.5, 0.6) is 0 Å². The third kappa shape index (κ3) is 5.17. The van der Waals surface area contributed by atoms with Gasteiger partial charge in [-0.15, -0.1) is 0 Å². The smallest absolute Gasteiger partial charge is 0.234 e. The molecule has 0 radical (unpaired) electrons. The Bertz CT molecular complexity index is 301. The van der Waals surface area contributed by atoms with Crippen LogP contribution in [-0.4, -0.2) is 23.1 Å². The molecule has 2 N–H and O–H groups in total. The Labute approximate surface area is 89.2 Å². The van der Waals surface area contributed by atoms with Gasteiger partial charge in [-0.3, -0.25) is 4.79 Å². The van der Waals surface area contributed by atoms with Crippen molar-refractivity contribution in [2.24, 2.45) is 0 Å². The van der Waals surface area contributed by atoms with Crippen LogP contribution < -0.4 is 10.6 Å². The lowest BCUT2D eigenvalue weighted by Crippen LogP contribution is -2.44. The fraction of sp³-hybridized carbons (Fsp3) is 0.600. The van der Waals surface area contributed by atoms with Gasteiger partial charge in [0.25, 0.3) is 0 Å². The molecular formula is C10H17N3O2. The Hall–Kier alpha value is -1.36. The lowest BCUT2D eigenvalue weighted by molar-refractivity contribution is -0.121. The maximum atomic E-state index is 11.4. The van der Waals surface area contributed by atoms with Gasteiger partial charge in [-0.05, 0) is 20.8 Å². The molecule has 0 atom stereocenters. The van der Waals surface area contributed by atoms with E-state index in [1.165, 1.54) is 0 Å². The van der Waals surface area contributed by atoms with Gasteiger partial charge in [-0.2, -0.15) is 0 Å².